The quantitative estimate of drug-likeness (QED) is 0.790. The van der Waals surface area contributed by atoms with E-state index in [0.29, 0.717) is 23.7 Å². The number of fused-ring (bicyclic) bond motifs is 1. The van der Waals surface area contributed by atoms with Gasteiger partial charge in [-0.1, -0.05) is 5.16 Å². The van der Waals surface area contributed by atoms with E-state index >= 15 is 0 Å². The minimum atomic E-state index is -0.962. The first-order valence-corrected chi connectivity index (χ1v) is 5.95. The molecule has 1 aromatic carbocycles. The number of imidazole rings is 1. The van der Waals surface area contributed by atoms with Crippen LogP contribution in [0.25, 0.3) is 11.0 Å². The molecule has 3 rings (SSSR count). The largest absolute Gasteiger partial charge is 0.369 e. The van der Waals surface area contributed by atoms with Gasteiger partial charge in [-0.15, -0.1) is 0 Å². The summed E-state index contributed by atoms with van der Waals surface area (Å²) in [5, 5.41) is 3.74. The Morgan fingerprint density at radius 3 is 2.80 bits per heavy atom. The van der Waals surface area contributed by atoms with Crippen LogP contribution in [0.5, 0.6) is 0 Å². The number of nitrogens with two attached hydrogens (primary N) is 1. The summed E-state index contributed by atoms with van der Waals surface area (Å²) in [6, 6.07) is 2.41. The molecule has 0 atom stereocenters. The Bertz CT molecular complexity index is 780. The zero-order valence-electron chi connectivity index (χ0n) is 10.6. The molecule has 6 nitrogen and oxygen atoms in total. The molecule has 0 aliphatic carbocycles. The third-order valence-electron chi connectivity index (χ3n) is 2.96. The molecule has 0 radical (unpaired) electrons. The first kappa shape index (κ1) is 12.5. The predicted octanol–water partition coefficient (Wildman–Crippen LogP) is 1.83. The molecule has 20 heavy (non-hydrogen) atoms. The van der Waals surface area contributed by atoms with Gasteiger partial charge in [0.05, 0.1) is 5.52 Å². The van der Waals surface area contributed by atoms with Crippen LogP contribution in [0, 0.1) is 18.6 Å². The maximum absolute atomic E-state index is 13.9. The average Bonchev–Trinajstić information content (AvgIpc) is 2.95. The molecule has 3 aromatic rings. The van der Waals surface area contributed by atoms with Gasteiger partial charge in [-0.2, -0.15) is 4.98 Å². The molecule has 104 valence electrons. The number of anilines is 1. The van der Waals surface area contributed by atoms with Gasteiger partial charge in [-0.25, -0.2) is 13.8 Å². The van der Waals surface area contributed by atoms with Crippen molar-refractivity contribution in [2.75, 3.05) is 5.73 Å². The van der Waals surface area contributed by atoms with Gasteiger partial charge < -0.3 is 14.8 Å². The molecule has 0 fully saturated rings. The van der Waals surface area contributed by atoms with E-state index in [1.807, 2.05) is 0 Å². The molecule has 0 bridgehead atoms. The first-order chi connectivity index (χ1) is 9.56. The topological polar surface area (TPSA) is 82.8 Å². The third kappa shape index (κ3) is 1.98. The SMILES string of the molecule is Cc1nc(CCn2c(N)nc3ccc(F)c(F)c32)no1. The molecule has 2 aromatic heterocycles. The highest BCUT2D eigenvalue weighted by molar-refractivity contribution is 5.79. The Balaban J connectivity index is 1.98. The highest BCUT2D eigenvalue weighted by Gasteiger charge is 2.16. The summed E-state index contributed by atoms with van der Waals surface area (Å²) in [7, 11) is 0. The minimum Gasteiger partial charge on any atom is -0.369 e. The van der Waals surface area contributed by atoms with Crippen LogP contribution in [0.15, 0.2) is 16.7 Å². The van der Waals surface area contributed by atoms with Crippen molar-refractivity contribution in [3.63, 3.8) is 0 Å². The van der Waals surface area contributed by atoms with Crippen molar-refractivity contribution in [1.29, 1.82) is 0 Å². The number of hydrogen-bond donors (Lipinski definition) is 1. The van der Waals surface area contributed by atoms with Crippen LogP contribution in [-0.4, -0.2) is 19.7 Å². The second-order valence-corrected chi connectivity index (χ2v) is 4.33. The number of nitrogen functional groups attached to an aromatic ring is 1. The van der Waals surface area contributed by atoms with Crippen LogP contribution in [0.1, 0.15) is 11.7 Å². The molecule has 2 heterocycles. The van der Waals surface area contributed by atoms with E-state index in [0.717, 1.165) is 6.07 Å². The van der Waals surface area contributed by atoms with Gasteiger partial charge in [0, 0.05) is 19.9 Å². The monoisotopic (exact) mass is 279 g/mol. The van der Waals surface area contributed by atoms with Gasteiger partial charge in [0.2, 0.25) is 11.8 Å². The minimum absolute atomic E-state index is 0.0442. The van der Waals surface area contributed by atoms with Crippen molar-refractivity contribution in [2.24, 2.45) is 0 Å². The lowest BCUT2D eigenvalue weighted by molar-refractivity contribution is 0.386. The van der Waals surface area contributed by atoms with Crippen molar-refractivity contribution in [3.8, 4) is 0 Å². The van der Waals surface area contributed by atoms with Gasteiger partial charge in [0.1, 0.15) is 5.52 Å². The molecule has 8 heteroatoms. The lowest BCUT2D eigenvalue weighted by Gasteiger charge is -2.05. The van der Waals surface area contributed by atoms with Gasteiger partial charge >= 0.3 is 0 Å². The summed E-state index contributed by atoms with van der Waals surface area (Å²) in [6.45, 7) is 1.95. The van der Waals surface area contributed by atoms with Crippen molar-refractivity contribution < 1.29 is 13.3 Å². The fourth-order valence-electron chi connectivity index (χ4n) is 2.06. The van der Waals surface area contributed by atoms with E-state index in [9.17, 15) is 8.78 Å². The molecular formula is C12H11F2N5O. The fraction of sp³-hybridized carbons (Fsp3) is 0.250. The summed E-state index contributed by atoms with van der Waals surface area (Å²) in [5.74, 6) is -0.865. The normalized spacial score (nSPS) is 11.3. The van der Waals surface area contributed by atoms with Crippen molar-refractivity contribution in [1.82, 2.24) is 19.7 Å². The lowest BCUT2D eigenvalue weighted by atomic mass is 10.3. The Labute approximate surface area is 112 Å². The Morgan fingerprint density at radius 1 is 1.30 bits per heavy atom. The number of hydrogen-bond acceptors (Lipinski definition) is 5. The number of aryl methyl sites for hydroxylation is 3. The lowest BCUT2D eigenvalue weighted by Crippen LogP contribution is -2.07. The fourth-order valence-corrected chi connectivity index (χ4v) is 2.06. The van der Waals surface area contributed by atoms with Gasteiger partial charge in [0.25, 0.3) is 0 Å². The number of aromatic nitrogens is 4. The first-order valence-electron chi connectivity index (χ1n) is 5.95. The number of rotatable bonds is 3. The second kappa shape index (κ2) is 4.55. The van der Waals surface area contributed by atoms with E-state index in [2.05, 4.69) is 15.1 Å². The maximum atomic E-state index is 13.9. The van der Waals surface area contributed by atoms with Crippen LogP contribution in [-0.2, 0) is 13.0 Å². The molecule has 0 amide bonds. The summed E-state index contributed by atoms with van der Waals surface area (Å²) < 4.78 is 33.4. The van der Waals surface area contributed by atoms with Crippen LogP contribution >= 0.6 is 0 Å². The Morgan fingerprint density at radius 2 is 2.10 bits per heavy atom. The standard InChI is InChI=1S/C12H11F2N5O/c1-6-16-9(18-20-6)4-5-19-11-8(17-12(19)15)3-2-7(13)10(11)14/h2-3H,4-5H2,1H3,(H2,15,17). The van der Waals surface area contributed by atoms with Crippen molar-refractivity contribution in [2.45, 2.75) is 19.9 Å². The van der Waals surface area contributed by atoms with Crippen LogP contribution in [0.3, 0.4) is 0 Å². The number of halogens is 2. The summed E-state index contributed by atoms with van der Waals surface area (Å²) in [4.78, 5) is 8.04. The van der Waals surface area contributed by atoms with E-state index in [4.69, 9.17) is 10.3 Å². The highest BCUT2D eigenvalue weighted by atomic mass is 19.2. The molecule has 2 N–H and O–H groups in total. The zero-order valence-corrected chi connectivity index (χ0v) is 10.6. The molecule has 0 aliphatic heterocycles. The molecule has 0 aliphatic rings. The molecule has 0 spiro atoms. The van der Waals surface area contributed by atoms with Crippen molar-refractivity contribution >= 4 is 17.0 Å². The average molecular weight is 279 g/mol. The summed E-state index contributed by atoms with van der Waals surface area (Å²) >= 11 is 0. The number of nitrogens with zero attached hydrogens (tertiary/aromatic N) is 4. The number of benzene rings is 1. The van der Waals surface area contributed by atoms with E-state index in [1.54, 1.807) is 6.92 Å². The summed E-state index contributed by atoms with van der Waals surface area (Å²) in [6.07, 6.45) is 0.378. The van der Waals surface area contributed by atoms with E-state index in [1.165, 1.54) is 10.6 Å². The van der Waals surface area contributed by atoms with Crippen molar-refractivity contribution in [3.05, 3.63) is 35.5 Å². The maximum Gasteiger partial charge on any atom is 0.223 e. The molecule has 0 saturated carbocycles. The third-order valence-corrected chi connectivity index (χ3v) is 2.96. The van der Waals surface area contributed by atoms with Gasteiger partial charge in [0.15, 0.2) is 17.5 Å². The van der Waals surface area contributed by atoms with E-state index in [-0.39, 0.29) is 18.0 Å². The van der Waals surface area contributed by atoms with E-state index < -0.39 is 11.6 Å². The second-order valence-electron chi connectivity index (χ2n) is 4.33. The Kier molecular flexibility index (Phi) is 2.85. The van der Waals surface area contributed by atoms with Crippen LogP contribution in [0.2, 0.25) is 0 Å². The van der Waals surface area contributed by atoms with Gasteiger partial charge in [-0.05, 0) is 12.1 Å². The molecule has 0 saturated heterocycles. The predicted molar refractivity (Wildman–Crippen MR) is 66.8 cm³/mol. The Hall–Kier alpha value is -2.51. The van der Waals surface area contributed by atoms with Crippen LogP contribution < -0.4 is 5.73 Å². The smallest absolute Gasteiger partial charge is 0.223 e. The highest BCUT2D eigenvalue weighted by Crippen LogP contribution is 2.23. The molecule has 0 unspecified atom stereocenters. The zero-order chi connectivity index (χ0) is 14.3. The van der Waals surface area contributed by atoms with Gasteiger partial charge in [-0.3, -0.25) is 0 Å². The van der Waals surface area contributed by atoms with Crippen LogP contribution in [0.4, 0.5) is 14.7 Å². The summed E-state index contributed by atoms with van der Waals surface area (Å²) in [5.41, 5.74) is 6.10. The molecular weight excluding hydrogens is 268 g/mol.